The van der Waals surface area contributed by atoms with E-state index in [1.54, 1.807) is 0 Å². The molecule has 0 aromatic carbocycles. The Morgan fingerprint density at radius 1 is 1.46 bits per heavy atom. The van der Waals surface area contributed by atoms with E-state index in [1.807, 2.05) is 26.0 Å². The minimum atomic E-state index is -0.755. The van der Waals surface area contributed by atoms with E-state index in [9.17, 15) is 4.79 Å². The van der Waals surface area contributed by atoms with Crippen molar-refractivity contribution in [3.05, 3.63) is 12.2 Å². The lowest BCUT2D eigenvalue weighted by Crippen LogP contribution is -2.12. The molecule has 0 saturated carbocycles. The van der Waals surface area contributed by atoms with Crippen LogP contribution in [0.1, 0.15) is 33.1 Å². The lowest BCUT2D eigenvalue weighted by molar-refractivity contribution is -0.137. The second-order valence-corrected chi connectivity index (χ2v) is 3.84. The predicted molar refractivity (Wildman–Crippen MR) is 51.5 cm³/mol. The van der Waals surface area contributed by atoms with Gasteiger partial charge in [0.1, 0.15) is 0 Å². The molecule has 0 aromatic heterocycles. The molecular formula is C10H18O3. The van der Waals surface area contributed by atoms with Gasteiger partial charge in [0.15, 0.2) is 0 Å². The molecule has 0 aliphatic heterocycles. The summed E-state index contributed by atoms with van der Waals surface area (Å²) in [7, 11) is 0. The average molecular weight is 186 g/mol. The van der Waals surface area contributed by atoms with Gasteiger partial charge < -0.3 is 10.2 Å². The number of unbranched alkanes of at least 4 members (excludes halogenated alkanes) is 1. The molecule has 0 bridgehead atoms. The monoisotopic (exact) mass is 186 g/mol. The van der Waals surface area contributed by atoms with E-state index in [0.29, 0.717) is 6.42 Å². The molecule has 76 valence electrons. The number of hydrogen-bond donors (Lipinski definition) is 2. The van der Waals surface area contributed by atoms with Gasteiger partial charge in [0.25, 0.3) is 0 Å². The normalized spacial score (nSPS) is 12.2. The van der Waals surface area contributed by atoms with Gasteiger partial charge in [-0.05, 0) is 12.8 Å². The Labute approximate surface area is 79.1 Å². The van der Waals surface area contributed by atoms with Crippen molar-refractivity contribution in [3.8, 4) is 0 Å². The van der Waals surface area contributed by atoms with Crippen LogP contribution in [0.25, 0.3) is 0 Å². The van der Waals surface area contributed by atoms with Gasteiger partial charge >= 0.3 is 5.97 Å². The number of aliphatic carboxylic acids is 1. The van der Waals surface area contributed by atoms with Crippen LogP contribution in [-0.2, 0) is 4.79 Å². The fraction of sp³-hybridized carbons (Fsp3) is 0.700. The van der Waals surface area contributed by atoms with Crippen molar-refractivity contribution in [1.29, 1.82) is 0 Å². The number of allylic oxidation sites excluding steroid dienone is 1. The van der Waals surface area contributed by atoms with Crippen molar-refractivity contribution in [3.63, 3.8) is 0 Å². The van der Waals surface area contributed by atoms with Gasteiger partial charge in [-0.25, -0.2) is 0 Å². The lowest BCUT2D eigenvalue weighted by atomic mass is 9.94. The highest BCUT2D eigenvalue weighted by Gasteiger charge is 2.10. The van der Waals surface area contributed by atoms with E-state index in [0.717, 1.165) is 6.42 Å². The SMILES string of the molecule is CC(C)(C=CCCCC(=O)O)CO. The van der Waals surface area contributed by atoms with Gasteiger partial charge in [0.05, 0.1) is 6.61 Å². The Kier molecular flexibility index (Phi) is 5.39. The highest BCUT2D eigenvalue weighted by Crippen LogP contribution is 2.15. The van der Waals surface area contributed by atoms with Crippen LogP contribution in [0.15, 0.2) is 12.2 Å². The van der Waals surface area contributed by atoms with E-state index < -0.39 is 5.97 Å². The molecular weight excluding hydrogens is 168 g/mol. The molecule has 3 heteroatoms. The Morgan fingerprint density at radius 3 is 2.54 bits per heavy atom. The second-order valence-electron chi connectivity index (χ2n) is 3.84. The van der Waals surface area contributed by atoms with Gasteiger partial charge in [-0.1, -0.05) is 26.0 Å². The van der Waals surface area contributed by atoms with Gasteiger partial charge in [-0.2, -0.15) is 0 Å². The summed E-state index contributed by atoms with van der Waals surface area (Å²) in [5, 5.41) is 17.2. The largest absolute Gasteiger partial charge is 0.481 e. The van der Waals surface area contributed by atoms with E-state index in [-0.39, 0.29) is 18.4 Å². The van der Waals surface area contributed by atoms with Crippen LogP contribution in [0.3, 0.4) is 0 Å². The van der Waals surface area contributed by atoms with Crippen LogP contribution in [0.2, 0.25) is 0 Å². The first-order valence-electron chi connectivity index (χ1n) is 4.48. The molecule has 0 heterocycles. The van der Waals surface area contributed by atoms with Crippen molar-refractivity contribution < 1.29 is 15.0 Å². The van der Waals surface area contributed by atoms with E-state index in [4.69, 9.17) is 10.2 Å². The zero-order chi connectivity index (χ0) is 10.3. The number of carbonyl (C=O) groups is 1. The third-order valence-electron chi connectivity index (χ3n) is 1.74. The zero-order valence-electron chi connectivity index (χ0n) is 8.29. The van der Waals surface area contributed by atoms with Crippen LogP contribution in [-0.4, -0.2) is 22.8 Å². The Morgan fingerprint density at radius 2 is 2.08 bits per heavy atom. The molecule has 0 aliphatic rings. The first-order chi connectivity index (χ1) is 5.98. The highest BCUT2D eigenvalue weighted by atomic mass is 16.4. The van der Waals surface area contributed by atoms with Crippen molar-refractivity contribution in [1.82, 2.24) is 0 Å². The summed E-state index contributed by atoms with van der Waals surface area (Å²) >= 11 is 0. The second kappa shape index (κ2) is 5.75. The summed E-state index contributed by atoms with van der Waals surface area (Å²) in [4.78, 5) is 10.2. The number of carboxylic acids is 1. The van der Waals surface area contributed by atoms with Gasteiger partial charge in [-0.15, -0.1) is 0 Å². The van der Waals surface area contributed by atoms with Crippen LogP contribution < -0.4 is 0 Å². The first kappa shape index (κ1) is 12.2. The number of carboxylic acid groups (broad SMARTS) is 1. The molecule has 3 nitrogen and oxygen atoms in total. The van der Waals surface area contributed by atoms with Crippen molar-refractivity contribution in [2.24, 2.45) is 5.41 Å². The third-order valence-corrected chi connectivity index (χ3v) is 1.74. The van der Waals surface area contributed by atoms with Crippen molar-refractivity contribution in [2.75, 3.05) is 6.61 Å². The number of hydrogen-bond acceptors (Lipinski definition) is 2. The molecule has 0 radical (unpaired) electrons. The van der Waals surface area contributed by atoms with Crippen molar-refractivity contribution in [2.45, 2.75) is 33.1 Å². The smallest absolute Gasteiger partial charge is 0.303 e. The maximum Gasteiger partial charge on any atom is 0.303 e. The molecule has 13 heavy (non-hydrogen) atoms. The molecule has 2 N–H and O–H groups in total. The summed E-state index contributed by atoms with van der Waals surface area (Å²) in [5.41, 5.74) is -0.191. The molecule has 0 aromatic rings. The quantitative estimate of drug-likeness (QED) is 0.491. The standard InChI is InChI=1S/C10H18O3/c1-10(2,8-11)7-5-3-4-6-9(12)13/h5,7,11H,3-4,6,8H2,1-2H3,(H,12,13). The molecule has 0 amide bonds. The van der Waals surface area contributed by atoms with Gasteiger partial charge in [0.2, 0.25) is 0 Å². The van der Waals surface area contributed by atoms with Crippen LogP contribution in [0.4, 0.5) is 0 Å². The third kappa shape index (κ3) is 7.53. The predicted octanol–water partition coefficient (Wildman–Crippen LogP) is 1.82. The summed E-state index contributed by atoms with van der Waals surface area (Å²) in [6.45, 7) is 3.98. The minimum absolute atomic E-state index is 0.114. The zero-order valence-corrected chi connectivity index (χ0v) is 8.29. The van der Waals surface area contributed by atoms with Gasteiger partial charge in [0, 0.05) is 11.8 Å². The Hall–Kier alpha value is -0.830. The van der Waals surface area contributed by atoms with E-state index in [1.165, 1.54) is 0 Å². The van der Waals surface area contributed by atoms with Gasteiger partial charge in [-0.3, -0.25) is 4.79 Å². The van der Waals surface area contributed by atoms with Crippen molar-refractivity contribution >= 4 is 5.97 Å². The summed E-state index contributed by atoms with van der Waals surface area (Å²) in [6, 6.07) is 0. The fourth-order valence-corrected chi connectivity index (χ4v) is 0.826. The lowest BCUT2D eigenvalue weighted by Gasteiger charge is -2.15. The average Bonchev–Trinajstić information content (AvgIpc) is 2.03. The molecule has 0 aliphatic carbocycles. The van der Waals surface area contributed by atoms with Crippen LogP contribution in [0.5, 0.6) is 0 Å². The van der Waals surface area contributed by atoms with E-state index >= 15 is 0 Å². The molecule has 0 spiro atoms. The van der Waals surface area contributed by atoms with Crippen LogP contribution in [0, 0.1) is 5.41 Å². The summed E-state index contributed by atoms with van der Waals surface area (Å²) < 4.78 is 0. The molecule has 0 rings (SSSR count). The number of aliphatic hydroxyl groups excluding tert-OH is 1. The maximum absolute atomic E-state index is 10.2. The molecule has 0 atom stereocenters. The van der Waals surface area contributed by atoms with E-state index in [2.05, 4.69) is 0 Å². The van der Waals surface area contributed by atoms with Crippen LogP contribution >= 0.6 is 0 Å². The minimum Gasteiger partial charge on any atom is -0.481 e. The first-order valence-corrected chi connectivity index (χ1v) is 4.48. The molecule has 0 saturated heterocycles. The highest BCUT2D eigenvalue weighted by molar-refractivity contribution is 5.66. The maximum atomic E-state index is 10.2. The summed E-state index contributed by atoms with van der Waals surface area (Å²) in [6.07, 6.45) is 5.49. The Bertz CT molecular complexity index is 183. The summed E-state index contributed by atoms with van der Waals surface area (Å²) in [5.74, 6) is -0.755. The fourth-order valence-electron chi connectivity index (χ4n) is 0.826. The molecule has 0 unspecified atom stereocenters. The Balaban J connectivity index is 3.58. The number of aliphatic hydroxyl groups is 1. The topological polar surface area (TPSA) is 57.5 Å². The number of rotatable bonds is 6. The molecule has 0 fully saturated rings.